The van der Waals surface area contributed by atoms with Crippen molar-refractivity contribution in [1.29, 1.82) is 0 Å². The van der Waals surface area contributed by atoms with E-state index < -0.39 is 17.6 Å². The zero-order valence-electron chi connectivity index (χ0n) is 22.4. The third-order valence-electron chi connectivity index (χ3n) is 7.90. The van der Waals surface area contributed by atoms with Crippen LogP contribution in [0.25, 0.3) is 16.0 Å². The molecule has 0 unspecified atom stereocenters. The lowest BCUT2D eigenvalue weighted by Gasteiger charge is -2.32. The third kappa shape index (κ3) is 4.67. The van der Waals surface area contributed by atoms with E-state index in [-0.39, 0.29) is 36.6 Å². The van der Waals surface area contributed by atoms with Crippen LogP contribution in [-0.2, 0) is 15.0 Å². The second-order valence-electron chi connectivity index (χ2n) is 10.9. The van der Waals surface area contributed by atoms with Crippen LogP contribution < -0.4 is 5.32 Å². The van der Waals surface area contributed by atoms with E-state index in [0.29, 0.717) is 12.0 Å². The van der Waals surface area contributed by atoms with Gasteiger partial charge in [0.1, 0.15) is 11.5 Å². The van der Waals surface area contributed by atoms with Crippen LogP contribution in [0.3, 0.4) is 0 Å². The van der Waals surface area contributed by atoms with Gasteiger partial charge >= 0.3 is 6.17 Å². The first-order chi connectivity index (χ1) is 18.7. The predicted molar refractivity (Wildman–Crippen MR) is 151 cm³/mol. The van der Waals surface area contributed by atoms with Crippen molar-refractivity contribution in [2.45, 2.75) is 44.3 Å². The topological polar surface area (TPSA) is 74.1 Å². The van der Waals surface area contributed by atoms with E-state index in [9.17, 15) is 14.4 Å². The number of nitrogens with zero attached hydrogens (tertiary/aromatic N) is 3. The number of rotatable bonds is 6. The fourth-order valence-corrected chi connectivity index (χ4v) is 5.80. The van der Waals surface area contributed by atoms with Gasteiger partial charge in [0.2, 0.25) is 5.91 Å². The van der Waals surface area contributed by atoms with Crippen molar-refractivity contribution in [3.8, 4) is 11.1 Å². The first kappa shape index (κ1) is 26.2. The molecule has 5 rings (SSSR count). The number of hydrogen-bond donors (Lipinski definition) is 1. The van der Waals surface area contributed by atoms with Gasteiger partial charge in [0.25, 0.3) is 11.8 Å². The number of benzene rings is 3. The van der Waals surface area contributed by atoms with Crippen molar-refractivity contribution >= 4 is 23.4 Å². The standard InChI is InChI=1S/C32H32N4O3/c1-21(2)18-27(35(4)29(37)24-16-14-23(15-17-24)22-10-6-5-7-11-22)30(38)36-20-32(19-28(36)33-3)25-12-8-9-13-26(25)34-31(32)39/h5-17,21,27-28H,18-20H2,1-2,4H3,(H,34,39)/t27-,28-,32-/m0/s1. The highest BCUT2D eigenvalue weighted by Crippen LogP contribution is 2.47. The highest BCUT2D eigenvalue weighted by atomic mass is 16.2. The van der Waals surface area contributed by atoms with Gasteiger partial charge in [0, 0.05) is 24.8 Å². The number of para-hydroxylation sites is 1. The molecule has 0 saturated carbocycles. The molecule has 0 aromatic heterocycles. The smallest absolute Gasteiger partial charge is 0.302 e. The van der Waals surface area contributed by atoms with E-state index in [1.807, 2.05) is 80.6 Å². The summed E-state index contributed by atoms with van der Waals surface area (Å²) in [5.74, 6) is -0.606. The quantitative estimate of drug-likeness (QED) is 0.454. The third-order valence-corrected chi connectivity index (χ3v) is 7.90. The monoisotopic (exact) mass is 520 g/mol. The Balaban J connectivity index is 1.41. The number of carbonyl (C=O) groups excluding carboxylic acids is 3. The van der Waals surface area contributed by atoms with E-state index >= 15 is 0 Å². The molecule has 7 heteroatoms. The molecule has 1 N–H and O–H groups in total. The summed E-state index contributed by atoms with van der Waals surface area (Å²) in [5, 5.41) is 2.93. The summed E-state index contributed by atoms with van der Waals surface area (Å²) in [6.07, 6.45) is -0.101. The van der Waals surface area contributed by atoms with Crippen LogP contribution in [0, 0.1) is 12.5 Å². The van der Waals surface area contributed by atoms with Crippen LogP contribution in [0.2, 0.25) is 0 Å². The molecule has 0 bridgehead atoms. The van der Waals surface area contributed by atoms with Crippen LogP contribution in [0.15, 0.2) is 78.9 Å². The summed E-state index contributed by atoms with van der Waals surface area (Å²) >= 11 is 0. The summed E-state index contributed by atoms with van der Waals surface area (Å²) in [6.45, 7) is 12.0. The highest BCUT2D eigenvalue weighted by molar-refractivity contribution is 6.07. The Labute approximate surface area is 229 Å². The molecular weight excluding hydrogens is 488 g/mol. The molecule has 3 aromatic rings. The highest BCUT2D eigenvalue weighted by Gasteiger charge is 2.59. The first-order valence-corrected chi connectivity index (χ1v) is 13.3. The molecule has 39 heavy (non-hydrogen) atoms. The van der Waals surface area contributed by atoms with Gasteiger partial charge in [-0.05, 0) is 47.2 Å². The summed E-state index contributed by atoms with van der Waals surface area (Å²) < 4.78 is 0. The number of carbonyl (C=O) groups is 3. The molecule has 2 heterocycles. The summed E-state index contributed by atoms with van der Waals surface area (Å²) in [6, 6.07) is 24.0. The zero-order chi connectivity index (χ0) is 27.7. The molecule has 0 aliphatic carbocycles. The Kier molecular flexibility index (Phi) is 6.96. The van der Waals surface area contributed by atoms with E-state index in [1.54, 1.807) is 19.2 Å². The molecule has 2 aliphatic heterocycles. The molecular formula is C32H32N4O3. The fraction of sp³-hybridized carbons (Fsp3) is 0.312. The Bertz CT molecular complexity index is 1440. The van der Waals surface area contributed by atoms with E-state index in [0.717, 1.165) is 22.4 Å². The van der Waals surface area contributed by atoms with Gasteiger partial charge in [-0.1, -0.05) is 74.5 Å². The Morgan fingerprint density at radius 2 is 1.67 bits per heavy atom. The van der Waals surface area contributed by atoms with Crippen LogP contribution >= 0.6 is 0 Å². The predicted octanol–water partition coefficient (Wildman–Crippen LogP) is 5.21. The molecule has 0 radical (unpaired) electrons. The van der Waals surface area contributed by atoms with Gasteiger partial charge in [-0.2, -0.15) is 0 Å². The van der Waals surface area contributed by atoms with Crippen molar-refractivity contribution < 1.29 is 14.4 Å². The molecule has 3 amide bonds. The Morgan fingerprint density at radius 1 is 1.03 bits per heavy atom. The minimum Gasteiger partial charge on any atom is -0.330 e. The number of likely N-dealkylation sites (N-methyl/N-ethyl adjacent to an activating group) is 1. The van der Waals surface area contributed by atoms with Gasteiger partial charge < -0.3 is 10.2 Å². The second-order valence-corrected chi connectivity index (χ2v) is 10.9. The van der Waals surface area contributed by atoms with E-state index in [1.165, 1.54) is 9.80 Å². The van der Waals surface area contributed by atoms with Crippen LogP contribution in [0.4, 0.5) is 5.69 Å². The Morgan fingerprint density at radius 3 is 2.33 bits per heavy atom. The van der Waals surface area contributed by atoms with Crippen molar-refractivity contribution in [1.82, 2.24) is 9.80 Å². The second kappa shape index (κ2) is 10.4. The normalized spacial score (nSPS) is 20.4. The average Bonchev–Trinajstić information content (AvgIpc) is 3.49. The molecule has 3 atom stereocenters. The Hall–Kier alpha value is -4.44. The number of anilines is 1. The summed E-state index contributed by atoms with van der Waals surface area (Å²) in [4.78, 5) is 47.6. The SMILES string of the molecule is [C-]#[N+][C@@H]1C[C@@]2(CN1C(=O)[C@H](CC(C)C)N(C)C(=O)c1ccc(-c3ccccc3)cc1)C(=O)Nc1ccccc12. The van der Waals surface area contributed by atoms with E-state index in [2.05, 4.69) is 10.2 Å². The minimum atomic E-state index is -0.959. The lowest BCUT2D eigenvalue weighted by Crippen LogP contribution is -2.51. The molecule has 1 spiro atoms. The van der Waals surface area contributed by atoms with Gasteiger partial charge in [0.15, 0.2) is 0 Å². The summed E-state index contributed by atoms with van der Waals surface area (Å²) in [5.41, 5.74) is 3.14. The lowest BCUT2D eigenvalue weighted by molar-refractivity contribution is -0.136. The van der Waals surface area contributed by atoms with Crippen molar-refractivity contribution in [3.63, 3.8) is 0 Å². The van der Waals surface area contributed by atoms with E-state index in [4.69, 9.17) is 6.57 Å². The van der Waals surface area contributed by atoms with Gasteiger partial charge in [-0.25, -0.2) is 6.57 Å². The lowest BCUT2D eigenvalue weighted by atomic mass is 9.80. The van der Waals surface area contributed by atoms with Gasteiger partial charge in [0.05, 0.1) is 6.42 Å². The molecule has 3 aromatic carbocycles. The number of likely N-dealkylation sites (tertiary alicyclic amines) is 1. The maximum atomic E-state index is 14.1. The van der Waals surface area contributed by atoms with Crippen molar-refractivity contribution in [3.05, 3.63) is 101 Å². The molecule has 2 aliphatic rings. The average molecular weight is 521 g/mol. The van der Waals surface area contributed by atoms with Crippen LogP contribution in [0.1, 0.15) is 42.6 Å². The van der Waals surface area contributed by atoms with Crippen LogP contribution in [-0.4, -0.2) is 53.3 Å². The minimum absolute atomic E-state index is 0.115. The van der Waals surface area contributed by atoms with Gasteiger partial charge in [-0.3, -0.25) is 24.1 Å². The molecule has 1 fully saturated rings. The maximum absolute atomic E-state index is 14.1. The molecule has 7 nitrogen and oxygen atoms in total. The summed E-state index contributed by atoms with van der Waals surface area (Å²) in [7, 11) is 1.65. The zero-order valence-corrected chi connectivity index (χ0v) is 22.4. The first-order valence-electron chi connectivity index (χ1n) is 13.3. The maximum Gasteiger partial charge on any atom is 0.302 e. The number of amides is 3. The molecule has 1 saturated heterocycles. The van der Waals surface area contributed by atoms with Crippen molar-refractivity contribution in [2.24, 2.45) is 5.92 Å². The van der Waals surface area contributed by atoms with Gasteiger partial charge in [-0.15, -0.1) is 0 Å². The fourth-order valence-electron chi connectivity index (χ4n) is 5.80. The molecule has 198 valence electrons. The van der Waals surface area contributed by atoms with Crippen LogP contribution in [0.5, 0.6) is 0 Å². The largest absolute Gasteiger partial charge is 0.330 e. The number of hydrogen-bond acceptors (Lipinski definition) is 3. The van der Waals surface area contributed by atoms with Crippen molar-refractivity contribution in [2.75, 3.05) is 18.9 Å². The number of nitrogens with one attached hydrogen (secondary N) is 1. The number of fused-ring (bicyclic) bond motifs is 2.